The average Bonchev–Trinajstić information content (AvgIpc) is 2.09. The van der Waals surface area contributed by atoms with Crippen molar-refractivity contribution in [3.05, 3.63) is 42.2 Å². The normalized spacial score (nSPS) is 9.75. The molecule has 0 saturated heterocycles. The van der Waals surface area contributed by atoms with Crippen LogP contribution in [0.15, 0.2) is 31.1 Å². The van der Waals surface area contributed by atoms with E-state index in [1.165, 1.54) is 11.1 Å². The van der Waals surface area contributed by atoms with E-state index in [4.69, 9.17) is 0 Å². The number of aromatic nitrogens is 1. The first-order chi connectivity index (χ1) is 5.84. The van der Waals surface area contributed by atoms with Gasteiger partial charge in [-0.3, -0.25) is 4.98 Å². The minimum absolute atomic E-state index is 0.849. The van der Waals surface area contributed by atoms with Crippen molar-refractivity contribution in [1.29, 1.82) is 0 Å². The van der Waals surface area contributed by atoms with E-state index >= 15 is 0 Å². The highest BCUT2D eigenvalue weighted by molar-refractivity contribution is 5.21. The van der Waals surface area contributed by atoms with E-state index in [1.807, 2.05) is 24.5 Å². The summed E-state index contributed by atoms with van der Waals surface area (Å²) in [5, 5.41) is 3.25. The van der Waals surface area contributed by atoms with Crippen molar-refractivity contribution in [2.45, 2.75) is 13.5 Å². The maximum absolute atomic E-state index is 4.03. The Kier molecular flexibility index (Phi) is 3.48. The van der Waals surface area contributed by atoms with E-state index in [0.717, 1.165) is 13.1 Å². The topological polar surface area (TPSA) is 24.9 Å². The zero-order valence-corrected chi connectivity index (χ0v) is 7.38. The van der Waals surface area contributed by atoms with E-state index in [2.05, 4.69) is 23.8 Å². The molecule has 0 saturated carbocycles. The summed E-state index contributed by atoms with van der Waals surface area (Å²) in [7, 11) is 0. The summed E-state index contributed by atoms with van der Waals surface area (Å²) in [6.07, 6.45) is 5.55. The number of nitrogens with one attached hydrogen (secondary N) is 1. The first-order valence-electron chi connectivity index (χ1n) is 4.05. The number of nitrogens with zero attached hydrogens (tertiary/aromatic N) is 1. The van der Waals surface area contributed by atoms with Gasteiger partial charge in [-0.25, -0.2) is 0 Å². The maximum Gasteiger partial charge on any atom is 0.0300 e. The Morgan fingerprint density at radius 3 is 3.17 bits per heavy atom. The fourth-order valence-electron chi connectivity index (χ4n) is 1.01. The molecule has 0 aromatic carbocycles. The predicted octanol–water partition coefficient (Wildman–Crippen LogP) is 1.67. The van der Waals surface area contributed by atoms with Crippen molar-refractivity contribution in [1.82, 2.24) is 10.3 Å². The van der Waals surface area contributed by atoms with Gasteiger partial charge in [-0.15, -0.1) is 6.58 Å². The summed E-state index contributed by atoms with van der Waals surface area (Å²) in [6, 6.07) is 2.03. The molecule has 2 heteroatoms. The number of hydrogen-bond acceptors (Lipinski definition) is 2. The SMILES string of the molecule is C=CCNCc1ccncc1C. The lowest BCUT2D eigenvalue weighted by atomic mass is 10.1. The monoisotopic (exact) mass is 162 g/mol. The van der Waals surface area contributed by atoms with Crippen LogP contribution in [-0.2, 0) is 6.54 Å². The molecule has 0 unspecified atom stereocenters. The lowest BCUT2D eigenvalue weighted by Crippen LogP contribution is -2.13. The van der Waals surface area contributed by atoms with Crippen molar-refractivity contribution in [2.75, 3.05) is 6.54 Å². The molecule has 1 rings (SSSR count). The van der Waals surface area contributed by atoms with Crippen molar-refractivity contribution < 1.29 is 0 Å². The summed E-state index contributed by atoms with van der Waals surface area (Å²) in [5.41, 5.74) is 2.53. The highest BCUT2D eigenvalue weighted by Crippen LogP contribution is 2.03. The van der Waals surface area contributed by atoms with Gasteiger partial charge in [-0.2, -0.15) is 0 Å². The summed E-state index contributed by atoms with van der Waals surface area (Å²) >= 11 is 0. The van der Waals surface area contributed by atoms with Crippen LogP contribution in [-0.4, -0.2) is 11.5 Å². The van der Waals surface area contributed by atoms with Gasteiger partial charge in [0.05, 0.1) is 0 Å². The van der Waals surface area contributed by atoms with Crippen LogP contribution in [0.2, 0.25) is 0 Å². The Hall–Kier alpha value is -1.15. The van der Waals surface area contributed by atoms with Crippen LogP contribution in [0.3, 0.4) is 0 Å². The zero-order valence-electron chi connectivity index (χ0n) is 7.38. The second kappa shape index (κ2) is 4.67. The molecule has 1 aromatic heterocycles. The molecule has 0 aliphatic rings. The molecule has 0 bridgehead atoms. The molecule has 0 radical (unpaired) electrons. The van der Waals surface area contributed by atoms with E-state index in [0.29, 0.717) is 0 Å². The molecule has 0 aliphatic carbocycles. The third-order valence-corrected chi connectivity index (χ3v) is 1.74. The molecule has 1 N–H and O–H groups in total. The van der Waals surface area contributed by atoms with E-state index < -0.39 is 0 Å². The van der Waals surface area contributed by atoms with Crippen LogP contribution >= 0.6 is 0 Å². The van der Waals surface area contributed by atoms with Crippen molar-refractivity contribution in [3.8, 4) is 0 Å². The third-order valence-electron chi connectivity index (χ3n) is 1.74. The van der Waals surface area contributed by atoms with Gasteiger partial charge in [0, 0.05) is 25.5 Å². The second-order valence-electron chi connectivity index (χ2n) is 2.72. The summed E-state index contributed by atoms with van der Waals surface area (Å²) in [4.78, 5) is 4.03. The van der Waals surface area contributed by atoms with Gasteiger partial charge in [-0.1, -0.05) is 6.08 Å². The molecule has 0 amide bonds. The van der Waals surface area contributed by atoms with Crippen molar-refractivity contribution in [2.24, 2.45) is 0 Å². The Balaban J connectivity index is 2.51. The van der Waals surface area contributed by atoms with E-state index in [9.17, 15) is 0 Å². The van der Waals surface area contributed by atoms with Crippen LogP contribution in [0.25, 0.3) is 0 Å². The van der Waals surface area contributed by atoms with Gasteiger partial charge in [0.15, 0.2) is 0 Å². The Morgan fingerprint density at radius 2 is 2.50 bits per heavy atom. The smallest absolute Gasteiger partial charge is 0.0300 e. The zero-order chi connectivity index (χ0) is 8.81. The minimum Gasteiger partial charge on any atom is -0.309 e. The predicted molar refractivity (Wildman–Crippen MR) is 50.9 cm³/mol. The third kappa shape index (κ3) is 2.47. The first kappa shape index (κ1) is 8.94. The lowest BCUT2D eigenvalue weighted by Gasteiger charge is -2.04. The van der Waals surface area contributed by atoms with Gasteiger partial charge in [-0.05, 0) is 24.1 Å². The molecule has 0 aliphatic heterocycles. The minimum atomic E-state index is 0.849. The van der Waals surface area contributed by atoms with Crippen LogP contribution in [0.5, 0.6) is 0 Å². The maximum atomic E-state index is 4.03. The molecule has 64 valence electrons. The molecule has 1 aromatic rings. The molecular weight excluding hydrogens is 148 g/mol. The fraction of sp³-hybridized carbons (Fsp3) is 0.300. The molecule has 0 spiro atoms. The van der Waals surface area contributed by atoms with Gasteiger partial charge < -0.3 is 5.32 Å². The van der Waals surface area contributed by atoms with E-state index in [1.54, 1.807) is 0 Å². The number of pyridine rings is 1. The van der Waals surface area contributed by atoms with Crippen LogP contribution in [0.1, 0.15) is 11.1 Å². The van der Waals surface area contributed by atoms with Gasteiger partial charge in [0.2, 0.25) is 0 Å². The Bertz CT molecular complexity index is 256. The van der Waals surface area contributed by atoms with Gasteiger partial charge >= 0.3 is 0 Å². The van der Waals surface area contributed by atoms with E-state index in [-0.39, 0.29) is 0 Å². The highest BCUT2D eigenvalue weighted by atomic mass is 14.8. The van der Waals surface area contributed by atoms with Crippen molar-refractivity contribution >= 4 is 0 Å². The van der Waals surface area contributed by atoms with Crippen LogP contribution < -0.4 is 5.32 Å². The van der Waals surface area contributed by atoms with Gasteiger partial charge in [0.1, 0.15) is 0 Å². The largest absolute Gasteiger partial charge is 0.309 e. The lowest BCUT2D eigenvalue weighted by molar-refractivity contribution is 0.755. The second-order valence-corrected chi connectivity index (χ2v) is 2.72. The first-order valence-corrected chi connectivity index (χ1v) is 4.05. The molecule has 12 heavy (non-hydrogen) atoms. The molecule has 2 nitrogen and oxygen atoms in total. The van der Waals surface area contributed by atoms with Crippen LogP contribution in [0, 0.1) is 6.92 Å². The Morgan fingerprint density at radius 1 is 1.67 bits per heavy atom. The number of hydrogen-bond donors (Lipinski definition) is 1. The molecular formula is C10H14N2. The summed E-state index contributed by atoms with van der Waals surface area (Å²) < 4.78 is 0. The molecule has 0 atom stereocenters. The standard InChI is InChI=1S/C10H14N2/c1-3-5-11-8-10-4-6-12-7-9(10)2/h3-4,6-7,11H,1,5,8H2,2H3. The number of aryl methyl sites for hydroxylation is 1. The average molecular weight is 162 g/mol. The quantitative estimate of drug-likeness (QED) is 0.538. The highest BCUT2D eigenvalue weighted by Gasteiger charge is 1.94. The van der Waals surface area contributed by atoms with Crippen molar-refractivity contribution in [3.63, 3.8) is 0 Å². The van der Waals surface area contributed by atoms with Crippen LogP contribution in [0.4, 0.5) is 0 Å². The van der Waals surface area contributed by atoms with Gasteiger partial charge in [0.25, 0.3) is 0 Å². The number of rotatable bonds is 4. The fourth-order valence-corrected chi connectivity index (χ4v) is 1.01. The Labute approximate surface area is 73.3 Å². The summed E-state index contributed by atoms with van der Waals surface area (Å²) in [6.45, 7) is 7.45. The molecule has 0 fully saturated rings. The molecule has 1 heterocycles. The summed E-state index contributed by atoms with van der Waals surface area (Å²) in [5.74, 6) is 0.